The van der Waals surface area contributed by atoms with Gasteiger partial charge in [0.2, 0.25) is 23.7 Å². The van der Waals surface area contributed by atoms with Crippen molar-refractivity contribution in [2.24, 2.45) is 5.41 Å². The van der Waals surface area contributed by atoms with Crippen LogP contribution in [0.15, 0.2) is 89.4 Å². The average Bonchev–Trinajstić information content (AvgIpc) is 4.14. The Labute approximate surface area is 380 Å². The van der Waals surface area contributed by atoms with Gasteiger partial charge in [0, 0.05) is 49.8 Å². The molecule has 65 heavy (non-hydrogen) atoms. The number of benzene rings is 2. The first-order valence-corrected chi connectivity index (χ1v) is 22.3. The zero-order valence-electron chi connectivity index (χ0n) is 36.8. The first-order valence-electron chi connectivity index (χ1n) is 21.4. The smallest absolute Gasteiger partial charge is 0.251 e. The first kappa shape index (κ1) is 46.5. The number of fused-ring (bicyclic) bond motifs is 1. The number of furan rings is 1. The summed E-state index contributed by atoms with van der Waals surface area (Å²) in [6.45, 7) is 9.25. The maximum absolute atomic E-state index is 13.9. The van der Waals surface area contributed by atoms with E-state index in [9.17, 15) is 24.3 Å². The Kier molecular flexibility index (Phi) is 15.3. The molecule has 6 aromatic rings. The van der Waals surface area contributed by atoms with Gasteiger partial charge in [0.15, 0.2) is 5.65 Å². The summed E-state index contributed by atoms with van der Waals surface area (Å²) >= 11 is 1.57. The zero-order chi connectivity index (χ0) is 45.9. The summed E-state index contributed by atoms with van der Waals surface area (Å²) in [5.74, 6) is -0.117. The number of rotatable bonds is 20. The molecule has 1 aliphatic heterocycles. The molecule has 7 rings (SSSR count). The molecule has 0 radical (unpaired) electrons. The fourth-order valence-corrected chi connectivity index (χ4v) is 8.18. The number of anilines is 1. The minimum absolute atomic E-state index is 0.00199. The van der Waals surface area contributed by atoms with Crippen molar-refractivity contribution in [3.63, 3.8) is 0 Å². The van der Waals surface area contributed by atoms with Crippen LogP contribution in [0, 0.1) is 12.3 Å². The molecule has 5 heterocycles. The summed E-state index contributed by atoms with van der Waals surface area (Å²) in [6.07, 6.45) is 4.12. The summed E-state index contributed by atoms with van der Waals surface area (Å²) in [5, 5.41) is 30.7. The largest absolute Gasteiger partial charge is 0.467 e. The van der Waals surface area contributed by atoms with Gasteiger partial charge in [-0.25, -0.2) is 9.97 Å². The molecule has 19 heteroatoms. The Hall–Kier alpha value is -6.54. The molecular formula is C46H54N10O8S. The normalized spacial score (nSPS) is 15.5. The minimum Gasteiger partial charge on any atom is -0.467 e. The van der Waals surface area contributed by atoms with Gasteiger partial charge in [0.25, 0.3) is 5.91 Å². The van der Waals surface area contributed by atoms with E-state index in [0.717, 1.165) is 38.6 Å². The number of aliphatic hydroxyl groups excluding tert-OH is 1. The maximum Gasteiger partial charge on any atom is 0.251 e. The summed E-state index contributed by atoms with van der Waals surface area (Å²) < 4.78 is 18.4. The molecule has 18 nitrogen and oxygen atoms in total. The van der Waals surface area contributed by atoms with E-state index in [4.69, 9.17) is 13.9 Å². The number of aliphatic hydroxyl groups is 1. The van der Waals surface area contributed by atoms with Crippen molar-refractivity contribution in [2.75, 3.05) is 44.8 Å². The van der Waals surface area contributed by atoms with Crippen LogP contribution in [0.1, 0.15) is 61.0 Å². The highest BCUT2D eigenvalue weighted by Gasteiger charge is 2.44. The number of likely N-dealkylation sites (tertiary alicyclic amines) is 1. The Balaban J connectivity index is 0.788. The lowest BCUT2D eigenvalue weighted by Crippen LogP contribution is -2.57. The van der Waals surface area contributed by atoms with Gasteiger partial charge in [-0.3, -0.25) is 23.6 Å². The van der Waals surface area contributed by atoms with E-state index in [2.05, 4.69) is 41.4 Å². The number of hydrogen-bond acceptors (Lipinski definition) is 14. The lowest BCUT2D eigenvalue weighted by atomic mass is 9.85. The molecule has 4 amide bonds. The van der Waals surface area contributed by atoms with Crippen LogP contribution in [0.5, 0.6) is 0 Å². The fraction of sp³-hybridized carbons (Fsp3) is 0.391. The Morgan fingerprint density at radius 2 is 1.69 bits per heavy atom. The SMILES string of the molecule is Cc1ncsc1-c1ccc(CNC(=O)[C@@H]2C[C@@H](O)CN2C(=O)[C@@H](NC(=O)CCOCCOCCNC(=O)c2ccc(-c3cnc(NCc4ccco4)n4cnnc34)cc2)C(C)(C)C)cc1. The van der Waals surface area contributed by atoms with Crippen LogP contribution in [0.4, 0.5) is 5.95 Å². The highest BCUT2D eigenvalue weighted by Crippen LogP contribution is 2.29. The fourth-order valence-electron chi connectivity index (χ4n) is 7.37. The van der Waals surface area contributed by atoms with Crippen LogP contribution < -0.4 is 21.3 Å². The Morgan fingerprint density at radius 1 is 0.938 bits per heavy atom. The standard InChI is InChI=1S/C46H54N10O8S/c1-29-39(65-28-51-29)32-9-7-30(8-10-32)23-48-43(60)37-22-34(57)26-55(37)44(61)40(46(2,3)4)53-38(58)15-18-62-20-21-63-19-16-47-42(59)33-13-11-31(12-14-33)36-25-50-45(56-27-52-54-41(36)56)49-24-35-6-5-17-64-35/h5-14,17,25,27-28,34,37,40,57H,15-16,18-24,26H2,1-4H3,(H,47,59)(H,48,60)(H,49,50)(H,53,58)/t34-,37+,40-/m1/s1. The van der Waals surface area contributed by atoms with E-state index in [1.807, 2.05) is 81.7 Å². The maximum atomic E-state index is 13.9. The lowest BCUT2D eigenvalue weighted by molar-refractivity contribution is -0.144. The number of carbonyl (C=O) groups is 4. The van der Waals surface area contributed by atoms with Crippen molar-refractivity contribution in [2.45, 2.75) is 71.8 Å². The molecule has 0 spiro atoms. The number of thiazole rings is 1. The number of carbonyl (C=O) groups excluding carboxylic acids is 4. The average molecular weight is 907 g/mol. The van der Waals surface area contributed by atoms with Crippen LogP contribution in [-0.2, 0) is 36.9 Å². The molecule has 1 fully saturated rings. The van der Waals surface area contributed by atoms with Crippen LogP contribution in [0.2, 0.25) is 0 Å². The lowest BCUT2D eigenvalue weighted by Gasteiger charge is -2.35. The zero-order valence-corrected chi connectivity index (χ0v) is 37.6. The number of hydrogen-bond donors (Lipinski definition) is 5. The third kappa shape index (κ3) is 12.0. The summed E-state index contributed by atoms with van der Waals surface area (Å²) in [7, 11) is 0. The summed E-state index contributed by atoms with van der Waals surface area (Å²) in [5.41, 5.74) is 6.68. The molecule has 3 atom stereocenters. The number of aryl methyl sites for hydroxylation is 1. The number of ether oxygens (including phenoxy) is 2. The first-order chi connectivity index (χ1) is 31.4. The van der Waals surface area contributed by atoms with Crippen LogP contribution in [0.25, 0.3) is 27.2 Å². The van der Waals surface area contributed by atoms with Gasteiger partial charge >= 0.3 is 0 Å². The predicted molar refractivity (Wildman–Crippen MR) is 242 cm³/mol. The topological polar surface area (TPSA) is 227 Å². The van der Waals surface area contributed by atoms with Gasteiger partial charge in [0.1, 0.15) is 24.2 Å². The summed E-state index contributed by atoms with van der Waals surface area (Å²) in [4.78, 5) is 64.5. The molecule has 0 saturated carbocycles. The van der Waals surface area contributed by atoms with Crippen LogP contribution in [-0.4, -0.2) is 116 Å². The van der Waals surface area contributed by atoms with Crippen LogP contribution in [0.3, 0.4) is 0 Å². The highest BCUT2D eigenvalue weighted by atomic mass is 32.1. The van der Waals surface area contributed by atoms with Crippen molar-refractivity contribution in [1.82, 2.24) is 45.4 Å². The van der Waals surface area contributed by atoms with Gasteiger partial charge in [-0.15, -0.1) is 21.5 Å². The van der Waals surface area contributed by atoms with Crippen molar-refractivity contribution in [1.29, 1.82) is 0 Å². The number of aromatic nitrogens is 5. The van der Waals surface area contributed by atoms with E-state index < -0.39 is 29.5 Å². The molecule has 1 saturated heterocycles. The van der Waals surface area contributed by atoms with Crippen molar-refractivity contribution < 1.29 is 38.2 Å². The second-order valence-electron chi connectivity index (χ2n) is 16.7. The Bertz CT molecular complexity index is 2540. The molecule has 5 N–H and O–H groups in total. The van der Waals surface area contributed by atoms with E-state index in [1.54, 1.807) is 46.7 Å². The third-order valence-corrected chi connectivity index (χ3v) is 11.9. The van der Waals surface area contributed by atoms with Crippen molar-refractivity contribution in [3.05, 3.63) is 108 Å². The minimum atomic E-state index is -0.947. The molecule has 4 aromatic heterocycles. The van der Waals surface area contributed by atoms with Gasteiger partial charge in [-0.2, -0.15) is 0 Å². The highest BCUT2D eigenvalue weighted by molar-refractivity contribution is 7.13. The number of nitrogens with one attached hydrogen (secondary N) is 4. The Morgan fingerprint density at radius 3 is 2.40 bits per heavy atom. The van der Waals surface area contributed by atoms with E-state index >= 15 is 0 Å². The molecule has 0 bridgehead atoms. The second-order valence-corrected chi connectivity index (χ2v) is 17.6. The van der Waals surface area contributed by atoms with Crippen molar-refractivity contribution in [3.8, 4) is 21.6 Å². The number of amides is 4. The van der Waals surface area contributed by atoms with Gasteiger partial charge < -0.3 is 45.2 Å². The van der Waals surface area contributed by atoms with Gasteiger partial charge in [-0.1, -0.05) is 57.2 Å². The number of β-amino-alcohol motifs (C(OH)–C–C–N with tert-alkyl or cyclic N) is 1. The second kappa shape index (κ2) is 21.4. The van der Waals surface area contributed by atoms with Gasteiger partial charge in [0.05, 0.1) is 61.4 Å². The molecule has 342 valence electrons. The van der Waals surface area contributed by atoms with E-state index in [-0.39, 0.29) is 76.6 Å². The molecule has 0 aliphatic carbocycles. The number of nitrogens with zero attached hydrogens (tertiary/aromatic N) is 6. The molecule has 1 aliphatic rings. The van der Waals surface area contributed by atoms with E-state index in [1.165, 1.54) is 4.90 Å². The predicted octanol–water partition coefficient (Wildman–Crippen LogP) is 4.39. The summed E-state index contributed by atoms with van der Waals surface area (Å²) in [6, 6.07) is 16.8. The van der Waals surface area contributed by atoms with Gasteiger partial charge in [-0.05, 0) is 53.3 Å². The van der Waals surface area contributed by atoms with Crippen molar-refractivity contribution >= 4 is 46.6 Å². The quantitative estimate of drug-likeness (QED) is 0.0671. The monoisotopic (exact) mass is 906 g/mol. The van der Waals surface area contributed by atoms with Crippen LogP contribution >= 0.6 is 11.3 Å². The molecular weight excluding hydrogens is 853 g/mol. The molecule has 2 aromatic carbocycles. The molecule has 0 unspecified atom stereocenters. The third-order valence-electron chi connectivity index (χ3n) is 10.9. The van der Waals surface area contributed by atoms with E-state index in [0.29, 0.717) is 23.7 Å².